The largest absolute Gasteiger partial charge is 0.496 e. The van der Waals surface area contributed by atoms with Crippen LogP contribution in [0.4, 0.5) is 10.5 Å². The highest BCUT2D eigenvalue weighted by atomic mass is 16.6. The van der Waals surface area contributed by atoms with Crippen LogP contribution in [-0.4, -0.2) is 30.8 Å². The lowest BCUT2D eigenvalue weighted by Crippen LogP contribution is -2.33. The van der Waals surface area contributed by atoms with Gasteiger partial charge in [-0.15, -0.1) is 0 Å². The summed E-state index contributed by atoms with van der Waals surface area (Å²) >= 11 is 0. The first kappa shape index (κ1) is 15.1. The molecule has 1 rings (SSSR count). The first-order valence-electron chi connectivity index (χ1n) is 6.09. The molecule has 0 radical (unpaired) electrons. The van der Waals surface area contributed by atoms with E-state index in [-0.39, 0.29) is 6.09 Å². The zero-order valence-corrected chi connectivity index (χ0v) is 12.2. The molecule has 0 aromatic heterocycles. The molecule has 5 nitrogen and oxygen atoms in total. The maximum absolute atomic E-state index is 11.9. The van der Waals surface area contributed by atoms with Crippen molar-refractivity contribution in [1.29, 1.82) is 0 Å². The Morgan fingerprint density at radius 1 is 1.37 bits per heavy atom. The Morgan fingerprint density at radius 3 is 2.53 bits per heavy atom. The van der Waals surface area contributed by atoms with E-state index in [1.807, 2.05) is 20.8 Å². The molecule has 0 aliphatic rings. The summed E-state index contributed by atoms with van der Waals surface area (Å²) in [5.74, 6) is 0.699. The van der Waals surface area contributed by atoms with Crippen LogP contribution in [0.25, 0.3) is 0 Å². The first-order valence-corrected chi connectivity index (χ1v) is 6.09. The van der Waals surface area contributed by atoms with Crippen LogP contribution in [0, 0.1) is 0 Å². The SMILES string of the molecule is COc1ccc(N)cc1CN(C)C(=O)OC(C)(C)C. The van der Waals surface area contributed by atoms with Gasteiger partial charge in [0.2, 0.25) is 0 Å². The van der Waals surface area contributed by atoms with Crippen LogP contribution in [0.5, 0.6) is 5.75 Å². The molecule has 0 saturated heterocycles. The molecule has 0 spiro atoms. The Labute approximate surface area is 114 Å². The molecule has 1 aromatic rings. The van der Waals surface area contributed by atoms with Crippen molar-refractivity contribution in [3.8, 4) is 5.75 Å². The Kier molecular flexibility index (Phi) is 4.64. The van der Waals surface area contributed by atoms with Gasteiger partial charge in [-0.05, 0) is 39.0 Å². The fourth-order valence-corrected chi connectivity index (χ4v) is 1.58. The number of ether oxygens (including phenoxy) is 2. The number of hydrogen-bond donors (Lipinski definition) is 1. The second kappa shape index (κ2) is 5.82. The minimum absolute atomic E-state index is 0.378. The summed E-state index contributed by atoms with van der Waals surface area (Å²) in [6.45, 7) is 5.88. The molecule has 1 aromatic carbocycles. The maximum atomic E-state index is 11.9. The molecule has 19 heavy (non-hydrogen) atoms. The van der Waals surface area contributed by atoms with Crippen molar-refractivity contribution in [2.24, 2.45) is 0 Å². The number of carbonyl (C=O) groups excluding carboxylic acids is 1. The van der Waals surface area contributed by atoms with E-state index in [4.69, 9.17) is 15.2 Å². The van der Waals surface area contributed by atoms with Gasteiger partial charge < -0.3 is 20.1 Å². The molecule has 106 valence electrons. The number of amides is 1. The molecule has 0 saturated carbocycles. The molecule has 0 atom stereocenters. The van der Waals surface area contributed by atoms with E-state index in [0.29, 0.717) is 18.0 Å². The second-order valence-corrected chi connectivity index (χ2v) is 5.41. The van der Waals surface area contributed by atoms with E-state index < -0.39 is 5.60 Å². The van der Waals surface area contributed by atoms with E-state index in [9.17, 15) is 4.79 Å². The second-order valence-electron chi connectivity index (χ2n) is 5.41. The summed E-state index contributed by atoms with van der Waals surface area (Å²) in [4.78, 5) is 13.4. The summed E-state index contributed by atoms with van der Waals surface area (Å²) in [5, 5.41) is 0. The summed E-state index contributed by atoms with van der Waals surface area (Å²) in [7, 11) is 3.26. The molecule has 5 heteroatoms. The van der Waals surface area contributed by atoms with Crippen LogP contribution in [0.2, 0.25) is 0 Å². The topological polar surface area (TPSA) is 64.8 Å². The third kappa shape index (κ3) is 4.69. The number of rotatable bonds is 3. The van der Waals surface area contributed by atoms with Gasteiger partial charge >= 0.3 is 6.09 Å². The smallest absolute Gasteiger partial charge is 0.410 e. The molecule has 0 heterocycles. The number of hydrogen-bond acceptors (Lipinski definition) is 4. The lowest BCUT2D eigenvalue weighted by Gasteiger charge is -2.25. The Morgan fingerprint density at radius 2 is 2.00 bits per heavy atom. The molecule has 0 bridgehead atoms. The van der Waals surface area contributed by atoms with Crippen molar-refractivity contribution in [3.63, 3.8) is 0 Å². The number of nitrogens with two attached hydrogens (primary N) is 1. The van der Waals surface area contributed by atoms with Crippen molar-refractivity contribution in [2.45, 2.75) is 32.9 Å². The van der Waals surface area contributed by atoms with E-state index in [1.165, 1.54) is 4.90 Å². The number of nitrogen functional groups attached to an aromatic ring is 1. The standard InChI is InChI=1S/C14H22N2O3/c1-14(2,3)19-13(17)16(4)9-10-8-11(15)6-7-12(10)18-5/h6-8H,9,15H2,1-5H3. The average molecular weight is 266 g/mol. The molecule has 1 amide bonds. The highest BCUT2D eigenvalue weighted by molar-refractivity contribution is 5.68. The van der Waals surface area contributed by atoms with E-state index in [0.717, 1.165) is 5.56 Å². The van der Waals surface area contributed by atoms with Crippen LogP contribution >= 0.6 is 0 Å². The lowest BCUT2D eigenvalue weighted by molar-refractivity contribution is 0.0284. The maximum Gasteiger partial charge on any atom is 0.410 e. The Balaban J connectivity index is 2.79. The number of anilines is 1. The van der Waals surface area contributed by atoms with Gasteiger partial charge in [0.25, 0.3) is 0 Å². The zero-order chi connectivity index (χ0) is 14.6. The van der Waals surface area contributed by atoms with Crippen molar-refractivity contribution < 1.29 is 14.3 Å². The van der Waals surface area contributed by atoms with Gasteiger partial charge in [0.1, 0.15) is 11.4 Å². The predicted molar refractivity (Wildman–Crippen MR) is 75.1 cm³/mol. The van der Waals surface area contributed by atoms with Gasteiger partial charge in [-0.2, -0.15) is 0 Å². The highest BCUT2D eigenvalue weighted by Gasteiger charge is 2.20. The van der Waals surface area contributed by atoms with Crippen molar-refractivity contribution >= 4 is 11.8 Å². The first-order chi connectivity index (χ1) is 8.73. The number of nitrogens with zero attached hydrogens (tertiary/aromatic N) is 1. The van der Waals surface area contributed by atoms with Crippen LogP contribution in [0.15, 0.2) is 18.2 Å². The molecule has 0 aliphatic heterocycles. The van der Waals surface area contributed by atoms with Gasteiger partial charge in [0.15, 0.2) is 0 Å². The minimum atomic E-state index is -0.509. The fraction of sp³-hybridized carbons (Fsp3) is 0.500. The van der Waals surface area contributed by atoms with E-state index >= 15 is 0 Å². The Bertz CT molecular complexity index is 452. The molecule has 0 aliphatic carbocycles. The van der Waals surface area contributed by atoms with Gasteiger partial charge in [0, 0.05) is 18.3 Å². The predicted octanol–water partition coefficient (Wildman–Crippen LogP) is 2.64. The van der Waals surface area contributed by atoms with Gasteiger partial charge in [-0.25, -0.2) is 4.79 Å². The third-order valence-corrected chi connectivity index (χ3v) is 2.42. The normalized spacial score (nSPS) is 11.0. The third-order valence-electron chi connectivity index (χ3n) is 2.42. The Hall–Kier alpha value is -1.91. The monoisotopic (exact) mass is 266 g/mol. The highest BCUT2D eigenvalue weighted by Crippen LogP contribution is 2.23. The van der Waals surface area contributed by atoms with Gasteiger partial charge in [0.05, 0.1) is 13.7 Å². The zero-order valence-electron chi connectivity index (χ0n) is 12.2. The molecular formula is C14H22N2O3. The fourth-order valence-electron chi connectivity index (χ4n) is 1.58. The summed E-state index contributed by atoms with van der Waals surface area (Å²) in [6.07, 6.45) is -0.378. The van der Waals surface area contributed by atoms with E-state index in [2.05, 4.69) is 0 Å². The van der Waals surface area contributed by atoms with E-state index in [1.54, 1.807) is 32.4 Å². The van der Waals surface area contributed by atoms with Crippen LogP contribution in [0.1, 0.15) is 26.3 Å². The number of benzene rings is 1. The van der Waals surface area contributed by atoms with Crippen molar-refractivity contribution in [1.82, 2.24) is 4.90 Å². The lowest BCUT2D eigenvalue weighted by atomic mass is 10.1. The molecule has 2 N–H and O–H groups in total. The number of methoxy groups -OCH3 is 1. The van der Waals surface area contributed by atoms with Crippen LogP contribution in [-0.2, 0) is 11.3 Å². The quantitative estimate of drug-likeness (QED) is 0.854. The minimum Gasteiger partial charge on any atom is -0.496 e. The molecular weight excluding hydrogens is 244 g/mol. The van der Waals surface area contributed by atoms with Crippen molar-refractivity contribution in [2.75, 3.05) is 19.9 Å². The summed E-state index contributed by atoms with van der Waals surface area (Å²) in [6, 6.07) is 5.34. The summed E-state index contributed by atoms with van der Waals surface area (Å²) < 4.78 is 10.5. The molecule has 0 unspecified atom stereocenters. The van der Waals surface area contributed by atoms with Crippen molar-refractivity contribution in [3.05, 3.63) is 23.8 Å². The van der Waals surface area contributed by atoms with Gasteiger partial charge in [-0.1, -0.05) is 0 Å². The number of carbonyl (C=O) groups is 1. The average Bonchev–Trinajstić information content (AvgIpc) is 2.27. The summed E-state index contributed by atoms with van der Waals surface area (Å²) in [5.41, 5.74) is 6.71. The molecule has 0 fully saturated rings. The van der Waals surface area contributed by atoms with Crippen LogP contribution < -0.4 is 10.5 Å². The van der Waals surface area contributed by atoms with Gasteiger partial charge in [-0.3, -0.25) is 0 Å². The van der Waals surface area contributed by atoms with Crippen LogP contribution in [0.3, 0.4) is 0 Å².